The largest absolute Gasteiger partial charge is 0.508 e. The van der Waals surface area contributed by atoms with Gasteiger partial charge in [0.2, 0.25) is 5.91 Å². The monoisotopic (exact) mass is 446 g/mol. The number of nitrogens with zero attached hydrogens (tertiary/aromatic N) is 2. The van der Waals surface area contributed by atoms with E-state index in [9.17, 15) is 19.7 Å². The number of non-ortho nitro benzene ring substituents is 1. The Morgan fingerprint density at radius 1 is 1.25 bits per heavy atom. The van der Waals surface area contributed by atoms with Crippen molar-refractivity contribution in [3.8, 4) is 0 Å². The summed E-state index contributed by atoms with van der Waals surface area (Å²) in [4.78, 5) is 37.6. The number of β-lactam (4-membered cyclic amide) rings is 1. The molecule has 9 heteroatoms. The number of nitro benzene ring substituents is 1. The maximum atomic E-state index is 13.2. The molecule has 9 nitrogen and oxygen atoms in total. The number of rotatable bonds is 5. The van der Waals surface area contributed by atoms with Crippen molar-refractivity contribution in [3.05, 3.63) is 39.9 Å². The van der Waals surface area contributed by atoms with E-state index >= 15 is 0 Å². The summed E-state index contributed by atoms with van der Waals surface area (Å²) in [6, 6.07) is 5.69. The molecule has 32 heavy (non-hydrogen) atoms. The Kier molecular flexibility index (Phi) is 5.87. The Hall–Kier alpha value is -2.68. The first kappa shape index (κ1) is 22.5. The Balaban J connectivity index is 1.37. The average molecular weight is 447 g/mol. The molecule has 3 aliphatic rings. The van der Waals surface area contributed by atoms with Crippen LogP contribution in [0.25, 0.3) is 0 Å². The second-order valence-corrected chi connectivity index (χ2v) is 9.75. The Morgan fingerprint density at radius 3 is 2.53 bits per heavy atom. The van der Waals surface area contributed by atoms with E-state index in [-0.39, 0.29) is 29.7 Å². The fraction of sp³-hybridized carbons (Fsp3) is 0.652. The lowest BCUT2D eigenvalue weighted by Gasteiger charge is -2.66. The SMILES string of the molecule is CC(OC(=O)OCc1ccc([N+](=O)[O-])cc1)C1C(=O)N2C1C(C)(C)COC21CCCCC1. The van der Waals surface area contributed by atoms with E-state index in [1.54, 1.807) is 6.92 Å². The molecule has 2 aliphatic heterocycles. The van der Waals surface area contributed by atoms with Crippen LogP contribution in [-0.4, -0.2) is 46.4 Å². The molecule has 1 aromatic carbocycles. The van der Waals surface area contributed by atoms with Crippen molar-refractivity contribution >= 4 is 17.7 Å². The summed E-state index contributed by atoms with van der Waals surface area (Å²) in [6.07, 6.45) is 3.45. The quantitative estimate of drug-likeness (QED) is 0.289. The molecule has 2 saturated heterocycles. The predicted molar refractivity (Wildman–Crippen MR) is 114 cm³/mol. The highest BCUT2D eigenvalue weighted by atomic mass is 16.7. The van der Waals surface area contributed by atoms with Crippen LogP contribution in [0.4, 0.5) is 10.5 Å². The molecule has 4 rings (SSSR count). The van der Waals surface area contributed by atoms with E-state index < -0.39 is 28.8 Å². The zero-order chi connectivity index (χ0) is 23.1. The molecule has 1 aromatic rings. The molecule has 3 fully saturated rings. The van der Waals surface area contributed by atoms with Crippen LogP contribution in [-0.2, 0) is 25.6 Å². The second-order valence-electron chi connectivity index (χ2n) is 9.75. The van der Waals surface area contributed by atoms with E-state index in [1.807, 2.05) is 4.90 Å². The van der Waals surface area contributed by atoms with E-state index in [4.69, 9.17) is 14.2 Å². The highest BCUT2D eigenvalue weighted by Crippen LogP contribution is 2.53. The topological polar surface area (TPSA) is 108 Å². The molecule has 1 saturated carbocycles. The molecule has 1 spiro atoms. The van der Waals surface area contributed by atoms with Crippen molar-refractivity contribution < 1.29 is 28.7 Å². The highest BCUT2D eigenvalue weighted by molar-refractivity contribution is 5.88. The first-order valence-corrected chi connectivity index (χ1v) is 11.2. The van der Waals surface area contributed by atoms with Crippen molar-refractivity contribution in [2.75, 3.05) is 6.61 Å². The van der Waals surface area contributed by atoms with Crippen LogP contribution in [0.2, 0.25) is 0 Å². The molecule has 3 unspecified atom stereocenters. The molecule has 0 N–H and O–H groups in total. The molecule has 1 aliphatic carbocycles. The third kappa shape index (κ3) is 3.94. The third-order valence-corrected chi connectivity index (χ3v) is 7.02. The predicted octanol–water partition coefficient (Wildman–Crippen LogP) is 4.18. The van der Waals surface area contributed by atoms with Gasteiger partial charge in [0.15, 0.2) is 0 Å². The van der Waals surface area contributed by atoms with Gasteiger partial charge in [0, 0.05) is 17.5 Å². The Bertz CT molecular complexity index is 892. The highest BCUT2D eigenvalue weighted by Gasteiger charge is 2.66. The number of carbonyl (C=O) groups is 2. The van der Waals surface area contributed by atoms with Gasteiger partial charge >= 0.3 is 6.16 Å². The van der Waals surface area contributed by atoms with Gasteiger partial charge in [0.05, 0.1) is 23.5 Å². The third-order valence-electron chi connectivity index (χ3n) is 7.02. The minimum atomic E-state index is -0.862. The zero-order valence-electron chi connectivity index (χ0n) is 18.7. The number of nitro groups is 1. The summed E-state index contributed by atoms with van der Waals surface area (Å²) in [7, 11) is 0. The smallest absolute Gasteiger partial charge is 0.430 e. The van der Waals surface area contributed by atoms with Gasteiger partial charge in [0.1, 0.15) is 18.4 Å². The van der Waals surface area contributed by atoms with Gasteiger partial charge in [-0.1, -0.05) is 20.3 Å². The van der Waals surface area contributed by atoms with Crippen LogP contribution in [0.1, 0.15) is 58.4 Å². The van der Waals surface area contributed by atoms with Crippen molar-refractivity contribution in [2.24, 2.45) is 11.3 Å². The fourth-order valence-corrected chi connectivity index (χ4v) is 5.34. The van der Waals surface area contributed by atoms with Gasteiger partial charge in [-0.25, -0.2) is 4.79 Å². The van der Waals surface area contributed by atoms with Crippen LogP contribution in [0.15, 0.2) is 24.3 Å². The van der Waals surface area contributed by atoms with Gasteiger partial charge < -0.3 is 19.1 Å². The maximum Gasteiger partial charge on any atom is 0.508 e. The molecule has 0 bridgehead atoms. The zero-order valence-corrected chi connectivity index (χ0v) is 18.7. The number of hydrogen-bond donors (Lipinski definition) is 0. The molecular formula is C23H30N2O7. The number of benzene rings is 1. The van der Waals surface area contributed by atoms with Crippen molar-refractivity contribution in [2.45, 2.75) is 77.4 Å². The number of hydrogen-bond acceptors (Lipinski definition) is 7. The summed E-state index contributed by atoms with van der Waals surface area (Å²) >= 11 is 0. The van der Waals surface area contributed by atoms with Crippen LogP contribution in [0.3, 0.4) is 0 Å². The maximum absolute atomic E-state index is 13.2. The number of carbonyl (C=O) groups excluding carboxylic acids is 2. The summed E-state index contributed by atoms with van der Waals surface area (Å²) in [5.41, 5.74) is -0.187. The van der Waals surface area contributed by atoms with E-state index in [0.29, 0.717) is 12.2 Å². The minimum absolute atomic E-state index is 0.0275. The van der Waals surface area contributed by atoms with Crippen LogP contribution < -0.4 is 0 Å². The van der Waals surface area contributed by atoms with Crippen LogP contribution >= 0.6 is 0 Å². The first-order chi connectivity index (χ1) is 15.1. The molecule has 174 valence electrons. The van der Waals surface area contributed by atoms with Crippen LogP contribution in [0, 0.1) is 21.4 Å². The van der Waals surface area contributed by atoms with E-state index in [0.717, 1.165) is 32.1 Å². The van der Waals surface area contributed by atoms with Crippen LogP contribution in [0.5, 0.6) is 0 Å². The summed E-state index contributed by atoms with van der Waals surface area (Å²) in [5, 5.41) is 10.7. The molecule has 0 aromatic heterocycles. The summed E-state index contributed by atoms with van der Waals surface area (Å²) in [6.45, 7) is 6.39. The van der Waals surface area contributed by atoms with Crippen molar-refractivity contribution in [1.29, 1.82) is 0 Å². The molecule has 3 atom stereocenters. The lowest BCUT2D eigenvalue weighted by Crippen LogP contribution is -2.79. The van der Waals surface area contributed by atoms with Gasteiger partial charge in [-0.05, 0) is 50.3 Å². The normalized spacial score (nSPS) is 26.6. The lowest BCUT2D eigenvalue weighted by atomic mass is 9.65. The number of amides is 1. The molecular weight excluding hydrogens is 416 g/mol. The van der Waals surface area contributed by atoms with E-state index in [2.05, 4.69) is 13.8 Å². The minimum Gasteiger partial charge on any atom is -0.430 e. The Morgan fingerprint density at radius 2 is 1.91 bits per heavy atom. The fourth-order valence-electron chi connectivity index (χ4n) is 5.34. The average Bonchev–Trinajstić information content (AvgIpc) is 2.75. The summed E-state index contributed by atoms with van der Waals surface area (Å²) < 4.78 is 16.9. The molecule has 2 heterocycles. The van der Waals surface area contributed by atoms with E-state index in [1.165, 1.54) is 24.3 Å². The lowest BCUT2D eigenvalue weighted by molar-refractivity contribution is -0.384. The van der Waals surface area contributed by atoms with Gasteiger partial charge in [-0.15, -0.1) is 0 Å². The standard InChI is InChI=1S/C23H30N2O7/c1-15(32-21(27)30-13-16-7-9-17(10-8-16)25(28)29)18-19-22(2,3)14-31-23(24(19)20(18)26)11-5-4-6-12-23/h7-10,15,18-19H,4-6,11-14H2,1-3H3. The van der Waals surface area contributed by atoms with Gasteiger partial charge in [0.25, 0.3) is 5.69 Å². The second kappa shape index (κ2) is 8.35. The van der Waals surface area contributed by atoms with Gasteiger partial charge in [-0.3, -0.25) is 14.9 Å². The number of ether oxygens (including phenoxy) is 3. The summed E-state index contributed by atoms with van der Waals surface area (Å²) in [5.74, 6) is -0.458. The first-order valence-electron chi connectivity index (χ1n) is 11.2. The van der Waals surface area contributed by atoms with Gasteiger partial charge in [-0.2, -0.15) is 0 Å². The van der Waals surface area contributed by atoms with Crippen molar-refractivity contribution in [1.82, 2.24) is 4.90 Å². The number of fused-ring (bicyclic) bond motifs is 2. The molecule has 0 radical (unpaired) electrons. The molecule has 1 amide bonds. The Labute approximate surface area is 187 Å². The van der Waals surface area contributed by atoms with Crippen molar-refractivity contribution in [3.63, 3.8) is 0 Å².